The summed E-state index contributed by atoms with van der Waals surface area (Å²) in [7, 11) is 0. The molecule has 5 heteroatoms. The Morgan fingerprint density at radius 2 is 1.80 bits per heavy atom. The summed E-state index contributed by atoms with van der Waals surface area (Å²) in [6, 6.07) is 0. The zero-order chi connectivity index (χ0) is 11.9. The van der Waals surface area contributed by atoms with Crippen LogP contribution in [0.4, 0.5) is 0 Å². The van der Waals surface area contributed by atoms with Crippen LogP contribution in [0.1, 0.15) is 26.7 Å². The third-order valence-electron chi connectivity index (χ3n) is 2.35. The molecule has 0 radical (unpaired) electrons. The highest BCUT2D eigenvalue weighted by Gasteiger charge is 2.28. The molecule has 5 nitrogen and oxygen atoms in total. The largest absolute Gasteiger partial charge is 0.465 e. The first kappa shape index (κ1) is 14.1. The summed E-state index contributed by atoms with van der Waals surface area (Å²) in [5.41, 5.74) is -0.799. The van der Waals surface area contributed by atoms with Gasteiger partial charge >= 0.3 is 5.97 Å². The van der Waals surface area contributed by atoms with E-state index in [1.165, 1.54) is 6.92 Å². The average Bonchev–Trinajstić information content (AvgIpc) is 2.20. The van der Waals surface area contributed by atoms with Crippen LogP contribution in [-0.2, 0) is 14.3 Å². The Balaban J connectivity index is 4.10. The summed E-state index contributed by atoms with van der Waals surface area (Å²) in [6.07, 6.45) is 0.226. The normalized spacial score (nSPS) is 11.2. The molecule has 0 unspecified atom stereocenters. The second-order valence-corrected chi connectivity index (χ2v) is 3.71. The number of hydrogen-bond donors (Lipinski definition) is 2. The lowest BCUT2D eigenvalue weighted by atomic mass is 9.88. The molecule has 0 bridgehead atoms. The van der Waals surface area contributed by atoms with Crippen LogP contribution < -0.4 is 0 Å². The number of esters is 1. The smallest absolute Gasteiger partial charge is 0.313 e. The van der Waals surface area contributed by atoms with E-state index in [0.717, 1.165) is 0 Å². The van der Waals surface area contributed by atoms with Crippen LogP contribution >= 0.6 is 0 Å². The van der Waals surface area contributed by atoms with E-state index >= 15 is 0 Å². The van der Waals surface area contributed by atoms with Crippen molar-refractivity contribution in [2.24, 2.45) is 5.41 Å². The lowest BCUT2D eigenvalue weighted by molar-refractivity contribution is -0.151. The van der Waals surface area contributed by atoms with Gasteiger partial charge in [-0.15, -0.1) is 0 Å². The summed E-state index contributed by atoms with van der Waals surface area (Å²) >= 11 is 0. The molecule has 0 amide bonds. The Hall–Kier alpha value is -0.940. The molecule has 0 aliphatic heterocycles. The number of aliphatic hydroxyl groups is 2. The van der Waals surface area contributed by atoms with Gasteiger partial charge in [0.1, 0.15) is 18.8 Å². The lowest BCUT2D eigenvalue weighted by Gasteiger charge is -2.27. The molecular formula is C10H18O5. The van der Waals surface area contributed by atoms with E-state index in [4.69, 9.17) is 14.9 Å². The van der Waals surface area contributed by atoms with Gasteiger partial charge in [-0.3, -0.25) is 9.59 Å². The van der Waals surface area contributed by atoms with Gasteiger partial charge in [0, 0.05) is 0 Å². The molecule has 0 heterocycles. The Bertz CT molecular complexity index is 212. The van der Waals surface area contributed by atoms with Crippen molar-refractivity contribution in [2.45, 2.75) is 26.7 Å². The second-order valence-electron chi connectivity index (χ2n) is 3.71. The van der Waals surface area contributed by atoms with E-state index in [1.54, 1.807) is 6.92 Å². The van der Waals surface area contributed by atoms with Gasteiger partial charge in [0.2, 0.25) is 0 Å². The van der Waals surface area contributed by atoms with Gasteiger partial charge in [0.25, 0.3) is 0 Å². The maximum absolute atomic E-state index is 11.0. The third kappa shape index (κ3) is 4.90. The number of carbonyl (C=O) groups is 2. The fourth-order valence-corrected chi connectivity index (χ4v) is 0.955. The van der Waals surface area contributed by atoms with Crippen molar-refractivity contribution in [2.75, 3.05) is 19.8 Å². The molecule has 0 spiro atoms. The zero-order valence-electron chi connectivity index (χ0n) is 9.15. The van der Waals surface area contributed by atoms with Crippen LogP contribution in [-0.4, -0.2) is 41.8 Å². The predicted molar refractivity (Wildman–Crippen MR) is 53.2 cm³/mol. The van der Waals surface area contributed by atoms with Crippen molar-refractivity contribution in [3.05, 3.63) is 0 Å². The van der Waals surface area contributed by atoms with Gasteiger partial charge in [-0.05, 0) is 13.3 Å². The number of ether oxygens (including phenoxy) is 1. The first-order valence-corrected chi connectivity index (χ1v) is 4.86. The molecule has 0 rings (SSSR count). The van der Waals surface area contributed by atoms with Crippen molar-refractivity contribution < 1.29 is 24.5 Å². The number of aliphatic hydroxyl groups excluding tert-OH is 2. The van der Waals surface area contributed by atoms with E-state index in [9.17, 15) is 9.59 Å². The summed E-state index contributed by atoms with van der Waals surface area (Å²) in [6.45, 7) is 2.50. The van der Waals surface area contributed by atoms with Gasteiger partial charge in [0.15, 0.2) is 0 Å². The van der Waals surface area contributed by atoms with E-state index in [-0.39, 0.29) is 32.0 Å². The Morgan fingerprint density at radius 3 is 2.13 bits per heavy atom. The molecule has 0 saturated carbocycles. The number of hydrogen-bond acceptors (Lipinski definition) is 5. The van der Waals surface area contributed by atoms with Gasteiger partial charge in [-0.2, -0.15) is 0 Å². The molecule has 88 valence electrons. The molecule has 0 saturated heterocycles. The summed E-state index contributed by atoms with van der Waals surface area (Å²) in [5, 5.41) is 18.1. The summed E-state index contributed by atoms with van der Waals surface area (Å²) < 4.78 is 4.81. The van der Waals surface area contributed by atoms with Gasteiger partial charge < -0.3 is 14.9 Å². The molecule has 0 fully saturated rings. The highest BCUT2D eigenvalue weighted by molar-refractivity contribution is 5.94. The van der Waals surface area contributed by atoms with Crippen LogP contribution in [0, 0.1) is 5.41 Å². The Morgan fingerprint density at radius 1 is 1.27 bits per heavy atom. The highest BCUT2D eigenvalue weighted by atomic mass is 16.5. The van der Waals surface area contributed by atoms with Crippen LogP contribution in [0.15, 0.2) is 0 Å². The topological polar surface area (TPSA) is 83.8 Å². The quantitative estimate of drug-likeness (QED) is 0.460. The van der Waals surface area contributed by atoms with Crippen molar-refractivity contribution in [3.63, 3.8) is 0 Å². The summed E-state index contributed by atoms with van der Waals surface area (Å²) in [4.78, 5) is 21.6. The first-order chi connectivity index (χ1) is 6.99. The molecule has 0 aromatic heterocycles. The molecule has 0 aromatic carbocycles. The molecule has 0 aliphatic rings. The molecule has 15 heavy (non-hydrogen) atoms. The van der Waals surface area contributed by atoms with Crippen molar-refractivity contribution in [3.8, 4) is 0 Å². The minimum atomic E-state index is -0.799. The molecular weight excluding hydrogens is 200 g/mol. The first-order valence-electron chi connectivity index (χ1n) is 4.86. The fraction of sp³-hybridized carbons (Fsp3) is 0.800. The number of rotatable bonds is 7. The Kier molecular flexibility index (Phi) is 6.12. The fourth-order valence-electron chi connectivity index (χ4n) is 0.955. The number of Topliss-reactive ketones (excluding diaryl/α,β-unsaturated/α-hetero) is 1. The van der Waals surface area contributed by atoms with E-state index in [1.807, 2.05) is 0 Å². The summed E-state index contributed by atoms with van der Waals surface area (Å²) in [5.74, 6) is -0.891. The lowest BCUT2D eigenvalue weighted by Crippen LogP contribution is -2.35. The minimum absolute atomic E-state index is 0.0669. The van der Waals surface area contributed by atoms with Crippen LogP contribution in [0.3, 0.4) is 0 Å². The zero-order valence-corrected chi connectivity index (χ0v) is 9.15. The van der Waals surface area contributed by atoms with Crippen LogP contribution in [0.5, 0.6) is 0 Å². The Labute approximate surface area is 89.0 Å². The monoisotopic (exact) mass is 218 g/mol. The molecule has 0 atom stereocenters. The van der Waals surface area contributed by atoms with E-state index in [0.29, 0.717) is 6.42 Å². The van der Waals surface area contributed by atoms with Crippen molar-refractivity contribution in [1.82, 2.24) is 0 Å². The van der Waals surface area contributed by atoms with Gasteiger partial charge in [-0.25, -0.2) is 0 Å². The van der Waals surface area contributed by atoms with Gasteiger partial charge in [0.05, 0.1) is 18.6 Å². The van der Waals surface area contributed by atoms with E-state index < -0.39 is 11.4 Å². The van der Waals surface area contributed by atoms with Crippen LogP contribution in [0.25, 0.3) is 0 Å². The molecule has 0 aromatic rings. The number of carbonyl (C=O) groups excluding carboxylic acids is 2. The van der Waals surface area contributed by atoms with Crippen molar-refractivity contribution >= 4 is 11.8 Å². The second kappa shape index (κ2) is 6.53. The third-order valence-corrected chi connectivity index (χ3v) is 2.35. The van der Waals surface area contributed by atoms with Gasteiger partial charge in [-0.1, -0.05) is 6.92 Å². The standard InChI is InChI=1S/C10H18O5/c1-3-10(5-11,6-12)7-15-9(14)4-8(2)13/h11-12H,3-7H2,1-2H3. The SMILES string of the molecule is CCC(CO)(CO)COC(=O)CC(C)=O. The number of ketones is 1. The average molecular weight is 218 g/mol. The van der Waals surface area contributed by atoms with Crippen molar-refractivity contribution in [1.29, 1.82) is 0 Å². The van der Waals surface area contributed by atoms with Crippen LogP contribution in [0.2, 0.25) is 0 Å². The minimum Gasteiger partial charge on any atom is -0.465 e. The maximum Gasteiger partial charge on any atom is 0.313 e. The predicted octanol–water partition coefficient (Wildman–Crippen LogP) is -0.110. The van der Waals surface area contributed by atoms with E-state index in [2.05, 4.69) is 0 Å². The maximum atomic E-state index is 11.0. The molecule has 2 N–H and O–H groups in total. The highest BCUT2D eigenvalue weighted by Crippen LogP contribution is 2.20. The molecule has 0 aliphatic carbocycles.